The van der Waals surface area contributed by atoms with Crippen LogP contribution >= 0.6 is 0 Å². The highest BCUT2D eigenvalue weighted by Crippen LogP contribution is 2.70. The number of Topliss-reactive ketones (excluding diaryl/α,β-unsaturated/α-hetero) is 1. The number of hydrogen-bond acceptors (Lipinski definition) is 6. The Morgan fingerprint density at radius 2 is 1.77 bits per heavy atom. The van der Waals surface area contributed by atoms with E-state index in [-0.39, 0.29) is 18.1 Å². The molecule has 3 saturated carbocycles. The van der Waals surface area contributed by atoms with Gasteiger partial charge in [-0.2, -0.15) is 13.2 Å². The van der Waals surface area contributed by atoms with E-state index >= 15 is 4.39 Å². The summed E-state index contributed by atoms with van der Waals surface area (Å²) in [5, 5.41) is 39.1. The first-order chi connectivity index (χ1) is 15.9. The van der Waals surface area contributed by atoms with Gasteiger partial charge in [0.15, 0.2) is 17.2 Å². The third kappa shape index (κ3) is 3.69. The number of carboxylic acid groups (broad SMARTS) is 1. The van der Waals surface area contributed by atoms with Gasteiger partial charge in [0.2, 0.25) is 0 Å². The largest absolute Gasteiger partial charge is 0.490 e. The van der Waals surface area contributed by atoms with Crippen molar-refractivity contribution in [1.82, 2.24) is 0 Å². The molecule has 11 heteroatoms. The molecule has 0 unspecified atom stereocenters. The second-order valence-corrected chi connectivity index (χ2v) is 10.6. The maximum absolute atomic E-state index is 16.9. The molecule has 4 N–H and O–H groups in total. The van der Waals surface area contributed by atoms with Crippen molar-refractivity contribution in [1.29, 1.82) is 0 Å². The molecule has 8 atom stereocenters. The molecule has 0 aliphatic heterocycles. The van der Waals surface area contributed by atoms with Gasteiger partial charge in [-0.25, -0.2) is 9.18 Å². The molecule has 0 aromatic carbocycles. The van der Waals surface area contributed by atoms with E-state index in [1.807, 2.05) is 0 Å². The molecule has 0 bridgehead atoms. The van der Waals surface area contributed by atoms with Gasteiger partial charge in [0.05, 0.1) is 6.10 Å². The molecule has 0 radical (unpaired) electrons. The van der Waals surface area contributed by atoms with Gasteiger partial charge in [-0.15, -0.1) is 0 Å². The van der Waals surface area contributed by atoms with Gasteiger partial charge in [0.25, 0.3) is 0 Å². The van der Waals surface area contributed by atoms with Crippen molar-refractivity contribution in [3.8, 4) is 0 Å². The molecule has 4 rings (SSSR count). The third-order valence-electron chi connectivity index (χ3n) is 9.03. The molecule has 0 heterocycles. The fourth-order valence-corrected chi connectivity index (χ4v) is 7.26. The van der Waals surface area contributed by atoms with Gasteiger partial charge in [0.1, 0.15) is 12.2 Å². The maximum Gasteiger partial charge on any atom is 0.490 e. The Morgan fingerprint density at radius 1 is 1.20 bits per heavy atom. The number of fused-ring (bicyclic) bond motifs is 5. The number of allylic oxidation sites excluding steroid dienone is 4. The van der Waals surface area contributed by atoms with Crippen molar-refractivity contribution < 1.29 is 52.4 Å². The number of carboxylic acids is 1. The lowest BCUT2D eigenvalue weighted by atomic mass is 9.44. The minimum Gasteiger partial charge on any atom is -0.475 e. The summed E-state index contributed by atoms with van der Waals surface area (Å²) in [5.41, 5.74) is -5.17. The van der Waals surface area contributed by atoms with Crippen LogP contribution in [0.3, 0.4) is 0 Å². The number of aliphatic hydroxyl groups is 3. The topological polar surface area (TPSA) is 132 Å². The van der Waals surface area contributed by atoms with Gasteiger partial charge >= 0.3 is 12.1 Å². The van der Waals surface area contributed by atoms with Crippen LogP contribution in [0.25, 0.3) is 0 Å². The molecule has 7 nitrogen and oxygen atoms in total. The number of rotatable bonds is 2. The molecule has 0 amide bonds. The zero-order valence-electron chi connectivity index (χ0n) is 19.6. The first-order valence-corrected chi connectivity index (χ1v) is 11.4. The van der Waals surface area contributed by atoms with Crippen molar-refractivity contribution in [3.63, 3.8) is 0 Å². The van der Waals surface area contributed by atoms with Gasteiger partial charge in [-0.05, 0) is 56.6 Å². The number of ketones is 2. The standard InChI is InChI=1S/C22H29FO5.C2HF3O2/c1-12-8-16-15-5-4-13-9-14(25)6-7-19(13,2)21(15,23)17(26)10-20(16,3)22(12,28)18(27)11-24;3-2(4,5)1(6)7/h6-7,9,12,15-17,24,26,28H,4-5,8,10-11H2,1-3H3;(H,6,7)/t12-,15+,16+,17+,19+,20+,21+,22+;/m1./s1. The van der Waals surface area contributed by atoms with E-state index in [1.54, 1.807) is 26.8 Å². The van der Waals surface area contributed by atoms with E-state index in [1.165, 1.54) is 12.2 Å². The molecule has 0 aromatic rings. The Bertz CT molecular complexity index is 991. The van der Waals surface area contributed by atoms with Crippen LogP contribution in [0.4, 0.5) is 17.6 Å². The molecule has 0 saturated heterocycles. The van der Waals surface area contributed by atoms with Crippen LogP contribution in [-0.4, -0.2) is 68.1 Å². The van der Waals surface area contributed by atoms with Crippen molar-refractivity contribution in [2.24, 2.45) is 28.6 Å². The lowest BCUT2D eigenvalue weighted by Gasteiger charge is -2.62. The molecule has 196 valence electrons. The second kappa shape index (κ2) is 8.48. The van der Waals surface area contributed by atoms with E-state index in [4.69, 9.17) is 9.90 Å². The van der Waals surface area contributed by atoms with Gasteiger partial charge in [-0.3, -0.25) is 9.59 Å². The summed E-state index contributed by atoms with van der Waals surface area (Å²) in [6, 6.07) is 0. The first-order valence-electron chi connectivity index (χ1n) is 11.4. The van der Waals surface area contributed by atoms with Crippen molar-refractivity contribution in [3.05, 3.63) is 23.8 Å². The Hall–Kier alpha value is -2.11. The van der Waals surface area contributed by atoms with Gasteiger partial charge < -0.3 is 20.4 Å². The van der Waals surface area contributed by atoms with Crippen LogP contribution in [0.1, 0.15) is 46.5 Å². The third-order valence-corrected chi connectivity index (χ3v) is 9.03. The number of carbonyl (C=O) groups is 3. The zero-order valence-corrected chi connectivity index (χ0v) is 19.6. The zero-order chi connectivity index (χ0) is 26.8. The average molecular weight is 506 g/mol. The summed E-state index contributed by atoms with van der Waals surface area (Å²) in [6.07, 6.45) is -0.644. The fourth-order valence-electron chi connectivity index (χ4n) is 7.26. The van der Waals surface area contributed by atoms with E-state index in [2.05, 4.69) is 0 Å². The van der Waals surface area contributed by atoms with Crippen LogP contribution in [0, 0.1) is 28.6 Å². The van der Waals surface area contributed by atoms with E-state index < -0.39 is 64.6 Å². The number of hydrogen-bond donors (Lipinski definition) is 4. The molecule has 0 aromatic heterocycles. The van der Waals surface area contributed by atoms with Crippen LogP contribution in [0.15, 0.2) is 23.8 Å². The molecule has 3 fully saturated rings. The SMILES string of the molecule is C[C@@H]1C[C@H]2[C@@H]3CCC4=CC(=O)C=C[C@]4(C)[C@@]3(F)[C@@H](O)C[C@]2(C)[C@@]1(O)C(=O)CO.O=C(O)C(F)(F)F. The summed E-state index contributed by atoms with van der Waals surface area (Å²) < 4.78 is 48.6. The minimum atomic E-state index is -5.08. The highest BCUT2D eigenvalue weighted by atomic mass is 19.4. The van der Waals surface area contributed by atoms with E-state index in [9.17, 15) is 38.1 Å². The lowest BCUT2D eigenvalue weighted by molar-refractivity contribution is -0.219. The minimum absolute atomic E-state index is 0.0676. The highest BCUT2D eigenvalue weighted by Gasteiger charge is 2.75. The number of carbonyl (C=O) groups excluding carboxylic acids is 2. The number of aliphatic hydroxyl groups excluding tert-OH is 2. The van der Waals surface area contributed by atoms with Crippen LogP contribution in [0.5, 0.6) is 0 Å². The summed E-state index contributed by atoms with van der Waals surface area (Å²) in [5.74, 6) is -4.88. The van der Waals surface area contributed by atoms with Crippen molar-refractivity contribution in [2.45, 2.75) is 70.0 Å². The molecule has 4 aliphatic rings. The average Bonchev–Trinajstić information content (AvgIpc) is 2.96. The van der Waals surface area contributed by atoms with Gasteiger partial charge in [-0.1, -0.05) is 25.5 Å². The molecule has 35 heavy (non-hydrogen) atoms. The fraction of sp³-hybridized carbons (Fsp3) is 0.708. The van der Waals surface area contributed by atoms with Crippen molar-refractivity contribution in [2.75, 3.05) is 6.61 Å². The summed E-state index contributed by atoms with van der Waals surface area (Å²) in [6.45, 7) is 4.48. The van der Waals surface area contributed by atoms with Crippen molar-refractivity contribution >= 4 is 17.5 Å². The number of aliphatic carboxylic acids is 1. The summed E-state index contributed by atoms with van der Waals surface area (Å²) in [4.78, 5) is 33.3. The summed E-state index contributed by atoms with van der Waals surface area (Å²) >= 11 is 0. The summed E-state index contributed by atoms with van der Waals surface area (Å²) in [7, 11) is 0. The Morgan fingerprint density at radius 3 is 2.29 bits per heavy atom. The Kier molecular flexibility index (Phi) is 6.66. The van der Waals surface area contributed by atoms with E-state index in [0.717, 1.165) is 0 Å². The number of alkyl halides is 4. The maximum atomic E-state index is 16.9. The second-order valence-electron chi connectivity index (χ2n) is 10.6. The normalized spacial score (nSPS) is 44.3. The monoisotopic (exact) mass is 506 g/mol. The predicted octanol–water partition coefficient (Wildman–Crippen LogP) is 2.53. The first kappa shape index (κ1) is 27.5. The van der Waals surface area contributed by atoms with Crippen LogP contribution < -0.4 is 0 Å². The van der Waals surface area contributed by atoms with Gasteiger partial charge in [0, 0.05) is 16.7 Å². The predicted molar refractivity (Wildman–Crippen MR) is 114 cm³/mol. The molecular weight excluding hydrogens is 476 g/mol. The molecule has 0 spiro atoms. The highest BCUT2D eigenvalue weighted by molar-refractivity contribution is 6.01. The number of halogens is 4. The van der Waals surface area contributed by atoms with Crippen LogP contribution in [-0.2, 0) is 14.4 Å². The Balaban J connectivity index is 0.000000429. The smallest absolute Gasteiger partial charge is 0.475 e. The van der Waals surface area contributed by atoms with E-state index in [0.29, 0.717) is 24.8 Å². The molecule has 4 aliphatic carbocycles. The quantitative estimate of drug-likeness (QED) is 0.423. The van der Waals surface area contributed by atoms with Crippen LogP contribution in [0.2, 0.25) is 0 Å². The molecular formula is C24H30F4O7. The lowest BCUT2D eigenvalue weighted by Crippen LogP contribution is -2.69. The Labute approximate surface area is 199 Å².